The standard InChI is InChI=1S/C15H21NO3/c1-10(16-15(17)11-5-4-6-11)12-7-8-13(18-2)14(9-12)19-3/h7-11H,4-6H2,1-3H3,(H,16,17)/t10-/m0/s1. The Hall–Kier alpha value is -1.71. The highest BCUT2D eigenvalue weighted by atomic mass is 16.5. The molecule has 104 valence electrons. The molecule has 0 saturated heterocycles. The Morgan fingerprint density at radius 1 is 1.26 bits per heavy atom. The summed E-state index contributed by atoms with van der Waals surface area (Å²) >= 11 is 0. The van der Waals surface area contributed by atoms with Gasteiger partial charge >= 0.3 is 0 Å². The fourth-order valence-electron chi connectivity index (χ4n) is 2.21. The van der Waals surface area contributed by atoms with E-state index in [4.69, 9.17) is 9.47 Å². The number of carbonyl (C=O) groups is 1. The van der Waals surface area contributed by atoms with Gasteiger partial charge in [0, 0.05) is 5.92 Å². The molecule has 19 heavy (non-hydrogen) atoms. The molecule has 1 aliphatic rings. The molecule has 1 N–H and O–H groups in total. The molecule has 0 radical (unpaired) electrons. The molecule has 1 aromatic rings. The highest BCUT2D eigenvalue weighted by Crippen LogP contribution is 2.31. The maximum absolute atomic E-state index is 11.9. The van der Waals surface area contributed by atoms with Crippen LogP contribution in [0.15, 0.2) is 18.2 Å². The van der Waals surface area contributed by atoms with Gasteiger partial charge < -0.3 is 14.8 Å². The Kier molecular flexibility index (Phi) is 4.30. The molecule has 2 rings (SSSR count). The molecule has 1 aliphatic carbocycles. The molecular weight excluding hydrogens is 242 g/mol. The topological polar surface area (TPSA) is 47.6 Å². The molecule has 1 amide bonds. The van der Waals surface area contributed by atoms with Crippen LogP contribution >= 0.6 is 0 Å². The van der Waals surface area contributed by atoms with Gasteiger partial charge in [-0.2, -0.15) is 0 Å². The number of methoxy groups -OCH3 is 2. The third-order valence-electron chi connectivity index (χ3n) is 3.74. The third-order valence-corrected chi connectivity index (χ3v) is 3.74. The largest absolute Gasteiger partial charge is 0.493 e. The molecule has 1 aromatic carbocycles. The minimum absolute atomic E-state index is 0.0205. The molecule has 0 heterocycles. The highest BCUT2D eigenvalue weighted by Gasteiger charge is 2.26. The van der Waals surface area contributed by atoms with Crippen LogP contribution in [-0.2, 0) is 4.79 Å². The number of amides is 1. The van der Waals surface area contributed by atoms with E-state index >= 15 is 0 Å². The van der Waals surface area contributed by atoms with Crippen molar-refractivity contribution in [3.63, 3.8) is 0 Å². The fourth-order valence-corrected chi connectivity index (χ4v) is 2.21. The molecule has 1 atom stereocenters. The molecule has 4 heteroatoms. The predicted molar refractivity (Wildman–Crippen MR) is 73.4 cm³/mol. The van der Waals surface area contributed by atoms with Gasteiger partial charge in [-0.15, -0.1) is 0 Å². The van der Waals surface area contributed by atoms with E-state index in [0.717, 1.165) is 18.4 Å². The van der Waals surface area contributed by atoms with Gasteiger partial charge in [-0.05, 0) is 37.5 Å². The summed E-state index contributed by atoms with van der Waals surface area (Å²) in [5.74, 6) is 1.75. The molecule has 0 spiro atoms. The minimum Gasteiger partial charge on any atom is -0.493 e. The summed E-state index contributed by atoms with van der Waals surface area (Å²) in [6, 6.07) is 5.70. The SMILES string of the molecule is COc1ccc([C@H](C)NC(=O)C2CCC2)cc1OC. The van der Waals surface area contributed by atoms with Crippen LogP contribution in [0.3, 0.4) is 0 Å². The second-order valence-electron chi connectivity index (χ2n) is 4.97. The number of carbonyl (C=O) groups excluding carboxylic acids is 1. The van der Waals surface area contributed by atoms with Crippen molar-refractivity contribution in [2.75, 3.05) is 14.2 Å². The van der Waals surface area contributed by atoms with E-state index in [1.54, 1.807) is 14.2 Å². The second kappa shape index (κ2) is 5.95. The average molecular weight is 263 g/mol. The van der Waals surface area contributed by atoms with Gasteiger partial charge in [-0.25, -0.2) is 0 Å². The Morgan fingerprint density at radius 3 is 2.47 bits per heavy atom. The van der Waals surface area contributed by atoms with Crippen LogP contribution in [0, 0.1) is 5.92 Å². The molecule has 0 aliphatic heterocycles. The van der Waals surface area contributed by atoms with E-state index in [2.05, 4.69) is 5.32 Å². The van der Waals surface area contributed by atoms with E-state index in [0.29, 0.717) is 11.5 Å². The monoisotopic (exact) mass is 263 g/mol. The lowest BCUT2D eigenvalue weighted by Crippen LogP contribution is -2.35. The molecular formula is C15H21NO3. The van der Waals surface area contributed by atoms with E-state index in [1.807, 2.05) is 25.1 Å². The first-order valence-electron chi connectivity index (χ1n) is 6.68. The maximum Gasteiger partial charge on any atom is 0.223 e. The van der Waals surface area contributed by atoms with Crippen LogP contribution < -0.4 is 14.8 Å². The van der Waals surface area contributed by atoms with Gasteiger partial charge in [0.1, 0.15) is 0 Å². The zero-order valence-corrected chi connectivity index (χ0v) is 11.7. The van der Waals surface area contributed by atoms with Crippen LogP contribution in [-0.4, -0.2) is 20.1 Å². The Balaban J connectivity index is 2.05. The van der Waals surface area contributed by atoms with Crippen molar-refractivity contribution in [3.05, 3.63) is 23.8 Å². The van der Waals surface area contributed by atoms with E-state index in [1.165, 1.54) is 6.42 Å². The Morgan fingerprint density at radius 2 is 1.95 bits per heavy atom. The first-order valence-corrected chi connectivity index (χ1v) is 6.68. The number of rotatable bonds is 5. The highest BCUT2D eigenvalue weighted by molar-refractivity contribution is 5.79. The quantitative estimate of drug-likeness (QED) is 0.888. The zero-order valence-electron chi connectivity index (χ0n) is 11.7. The number of nitrogens with one attached hydrogen (secondary N) is 1. The predicted octanol–water partition coefficient (Wildman–Crippen LogP) is 2.68. The summed E-state index contributed by atoms with van der Waals surface area (Å²) in [6.07, 6.45) is 3.21. The lowest BCUT2D eigenvalue weighted by atomic mass is 9.84. The zero-order chi connectivity index (χ0) is 13.8. The Bertz CT molecular complexity index is 455. The smallest absolute Gasteiger partial charge is 0.223 e. The van der Waals surface area contributed by atoms with Crippen LogP contribution in [0.25, 0.3) is 0 Å². The van der Waals surface area contributed by atoms with Crippen LogP contribution in [0.1, 0.15) is 37.8 Å². The molecule has 1 fully saturated rings. The van der Waals surface area contributed by atoms with Crippen LogP contribution in [0.2, 0.25) is 0 Å². The second-order valence-corrected chi connectivity index (χ2v) is 4.97. The summed E-state index contributed by atoms with van der Waals surface area (Å²) in [6.45, 7) is 1.98. The van der Waals surface area contributed by atoms with Gasteiger partial charge in [-0.1, -0.05) is 12.5 Å². The van der Waals surface area contributed by atoms with Crippen LogP contribution in [0.4, 0.5) is 0 Å². The van der Waals surface area contributed by atoms with Crippen molar-refractivity contribution >= 4 is 5.91 Å². The summed E-state index contributed by atoms with van der Waals surface area (Å²) in [5.41, 5.74) is 1.02. The lowest BCUT2D eigenvalue weighted by molar-refractivity contribution is -0.128. The van der Waals surface area contributed by atoms with Crippen molar-refractivity contribution in [2.24, 2.45) is 5.92 Å². The van der Waals surface area contributed by atoms with Crippen molar-refractivity contribution in [1.29, 1.82) is 0 Å². The number of ether oxygens (including phenoxy) is 2. The summed E-state index contributed by atoms with van der Waals surface area (Å²) in [5, 5.41) is 3.05. The minimum atomic E-state index is -0.0205. The normalized spacial score (nSPS) is 16.4. The summed E-state index contributed by atoms with van der Waals surface area (Å²) in [4.78, 5) is 11.9. The van der Waals surface area contributed by atoms with E-state index in [-0.39, 0.29) is 17.9 Å². The maximum atomic E-state index is 11.9. The average Bonchev–Trinajstić information content (AvgIpc) is 2.35. The Labute approximate surface area is 114 Å². The van der Waals surface area contributed by atoms with Crippen molar-refractivity contribution in [1.82, 2.24) is 5.32 Å². The molecule has 0 aromatic heterocycles. The number of hydrogen-bond acceptors (Lipinski definition) is 3. The first-order chi connectivity index (χ1) is 9.15. The molecule has 0 bridgehead atoms. The number of hydrogen-bond donors (Lipinski definition) is 1. The van der Waals surface area contributed by atoms with E-state index < -0.39 is 0 Å². The number of benzene rings is 1. The molecule has 1 saturated carbocycles. The van der Waals surface area contributed by atoms with Gasteiger partial charge in [0.05, 0.1) is 20.3 Å². The van der Waals surface area contributed by atoms with Gasteiger partial charge in [0.15, 0.2) is 11.5 Å². The third kappa shape index (κ3) is 3.00. The summed E-state index contributed by atoms with van der Waals surface area (Å²) < 4.78 is 10.5. The molecule has 4 nitrogen and oxygen atoms in total. The van der Waals surface area contributed by atoms with E-state index in [9.17, 15) is 4.79 Å². The van der Waals surface area contributed by atoms with Crippen molar-refractivity contribution in [3.8, 4) is 11.5 Å². The summed E-state index contributed by atoms with van der Waals surface area (Å²) in [7, 11) is 3.22. The fraction of sp³-hybridized carbons (Fsp3) is 0.533. The van der Waals surface area contributed by atoms with Gasteiger partial charge in [0.25, 0.3) is 0 Å². The lowest BCUT2D eigenvalue weighted by Gasteiger charge is -2.26. The molecule has 0 unspecified atom stereocenters. The van der Waals surface area contributed by atoms with Crippen molar-refractivity contribution in [2.45, 2.75) is 32.2 Å². The van der Waals surface area contributed by atoms with Crippen LogP contribution in [0.5, 0.6) is 11.5 Å². The van der Waals surface area contributed by atoms with Gasteiger partial charge in [-0.3, -0.25) is 4.79 Å². The first kappa shape index (κ1) is 13.7. The van der Waals surface area contributed by atoms with Gasteiger partial charge in [0.2, 0.25) is 5.91 Å². The van der Waals surface area contributed by atoms with Crippen molar-refractivity contribution < 1.29 is 14.3 Å².